The Morgan fingerprint density at radius 2 is 1.74 bits per heavy atom. The highest BCUT2D eigenvalue weighted by Gasteiger charge is 2.32. The number of aryl methyl sites for hydroxylation is 2. The van der Waals surface area contributed by atoms with Gasteiger partial charge in [-0.2, -0.15) is 4.31 Å². The van der Waals surface area contributed by atoms with Crippen molar-refractivity contribution in [3.8, 4) is 0 Å². The highest BCUT2D eigenvalue weighted by Crippen LogP contribution is 2.24. The van der Waals surface area contributed by atoms with Crippen LogP contribution in [0.2, 0.25) is 0 Å². The molecule has 1 aromatic carbocycles. The van der Waals surface area contributed by atoms with Crippen LogP contribution in [0.4, 0.5) is 0 Å². The van der Waals surface area contributed by atoms with E-state index in [-0.39, 0.29) is 12.2 Å². The molecule has 1 aliphatic rings. The van der Waals surface area contributed by atoms with Crippen molar-refractivity contribution in [1.29, 1.82) is 0 Å². The molecule has 5 heteroatoms. The second kappa shape index (κ2) is 5.23. The third kappa shape index (κ3) is 2.99. The molecule has 1 aromatic rings. The van der Waals surface area contributed by atoms with Crippen LogP contribution >= 0.6 is 0 Å². The summed E-state index contributed by atoms with van der Waals surface area (Å²) in [5.41, 5.74) is 1.75. The molecule has 0 aromatic heterocycles. The highest BCUT2D eigenvalue weighted by atomic mass is 32.2. The number of nitrogens with zero attached hydrogens (tertiary/aromatic N) is 1. The maximum Gasteiger partial charge on any atom is 0.243 e. The third-order valence-corrected chi connectivity index (χ3v) is 5.32. The summed E-state index contributed by atoms with van der Waals surface area (Å²) >= 11 is 0. The average Bonchev–Trinajstić information content (AvgIpc) is 2.31. The van der Waals surface area contributed by atoms with E-state index >= 15 is 0 Å². The fourth-order valence-electron chi connectivity index (χ4n) is 2.45. The van der Waals surface area contributed by atoms with Crippen molar-refractivity contribution >= 4 is 10.0 Å². The van der Waals surface area contributed by atoms with Crippen LogP contribution in [0, 0.1) is 13.8 Å². The van der Waals surface area contributed by atoms with E-state index in [1.54, 1.807) is 6.07 Å². The number of hydrogen-bond acceptors (Lipinski definition) is 3. The molecule has 19 heavy (non-hydrogen) atoms. The van der Waals surface area contributed by atoms with Crippen molar-refractivity contribution in [3.05, 3.63) is 29.3 Å². The fraction of sp³-hybridized carbons (Fsp3) is 0.571. The molecule has 2 rings (SSSR count). The zero-order valence-electron chi connectivity index (χ0n) is 11.9. The van der Waals surface area contributed by atoms with E-state index in [4.69, 9.17) is 4.74 Å². The molecule has 1 aliphatic heterocycles. The van der Waals surface area contributed by atoms with Gasteiger partial charge in [0.05, 0.1) is 17.1 Å². The molecule has 0 radical (unpaired) electrons. The van der Waals surface area contributed by atoms with Crippen LogP contribution in [0.15, 0.2) is 23.1 Å². The predicted molar refractivity (Wildman–Crippen MR) is 74.7 cm³/mol. The average molecular weight is 283 g/mol. The maximum atomic E-state index is 12.7. The molecule has 0 spiro atoms. The molecule has 1 heterocycles. The largest absolute Gasteiger partial charge is 0.373 e. The van der Waals surface area contributed by atoms with Crippen molar-refractivity contribution in [1.82, 2.24) is 4.31 Å². The quantitative estimate of drug-likeness (QED) is 0.835. The predicted octanol–water partition coefficient (Wildman–Crippen LogP) is 2.10. The number of ether oxygens (including phenoxy) is 1. The van der Waals surface area contributed by atoms with Gasteiger partial charge in [-0.25, -0.2) is 8.42 Å². The van der Waals surface area contributed by atoms with E-state index in [0.29, 0.717) is 18.0 Å². The van der Waals surface area contributed by atoms with Gasteiger partial charge in [-0.15, -0.1) is 0 Å². The molecule has 1 saturated heterocycles. The SMILES string of the molecule is Cc1ccc(C)c(S(=O)(=O)N2CC(C)OC(C)C2)c1. The summed E-state index contributed by atoms with van der Waals surface area (Å²) in [4.78, 5) is 0.411. The summed E-state index contributed by atoms with van der Waals surface area (Å²) in [6, 6.07) is 5.53. The standard InChI is InChI=1S/C14H21NO3S/c1-10-5-6-11(2)14(7-10)19(16,17)15-8-12(3)18-13(4)9-15/h5-7,12-13H,8-9H2,1-4H3. The smallest absolute Gasteiger partial charge is 0.243 e. The van der Waals surface area contributed by atoms with Crippen LogP contribution in [0.25, 0.3) is 0 Å². The summed E-state index contributed by atoms with van der Waals surface area (Å²) in [6.45, 7) is 8.38. The first-order chi connectivity index (χ1) is 8.80. The van der Waals surface area contributed by atoms with Crippen molar-refractivity contribution in [3.63, 3.8) is 0 Å². The van der Waals surface area contributed by atoms with Gasteiger partial charge in [-0.05, 0) is 44.9 Å². The van der Waals surface area contributed by atoms with E-state index in [1.807, 2.05) is 39.8 Å². The van der Waals surface area contributed by atoms with Gasteiger partial charge in [0, 0.05) is 13.1 Å². The van der Waals surface area contributed by atoms with Crippen LogP contribution in [0.1, 0.15) is 25.0 Å². The minimum absolute atomic E-state index is 0.0661. The third-order valence-electron chi connectivity index (χ3n) is 3.35. The molecule has 2 unspecified atom stereocenters. The molecule has 0 bridgehead atoms. The minimum atomic E-state index is -3.43. The van der Waals surface area contributed by atoms with Gasteiger partial charge in [-0.1, -0.05) is 12.1 Å². The van der Waals surface area contributed by atoms with Gasteiger partial charge in [0.25, 0.3) is 0 Å². The first-order valence-electron chi connectivity index (χ1n) is 6.53. The van der Waals surface area contributed by atoms with Crippen LogP contribution in [0.3, 0.4) is 0 Å². The molecule has 0 aliphatic carbocycles. The summed E-state index contributed by atoms with van der Waals surface area (Å²) in [7, 11) is -3.43. The first-order valence-corrected chi connectivity index (χ1v) is 7.97. The van der Waals surface area contributed by atoms with Crippen molar-refractivity contribution in [2.75, 3.05) is 13.1 Å². The van der Waals surface area contributed by atoms with Crippen LogP contribution < -0.4 is 0 Å². The Morgan fingerprint density at radius 3 is 2.32 bits per heavy atom. The van der Waals surface area contributed by atoms with Gasteiger partial charge >= 0.3 is 0 Å². The second-order valence-electron chi connectivity index (χ2n) is 5.35. The molecular formula is C14H21NO3S. The number of benzene rings is 1. The molecule has 0 N–H and O–H groups in total. The Morgan fingerprint density at radius 1 is 1.16 bits per heavy atom. The van der Waals surface area contributed by atoms with Gasteiger partial charge in [0.15, 0.2) is 0 Å². The minimum Gasteiger partial charge on any atom is -0.373 e. The zero-order chi connectivity index (χ0) is 14.2. The highest BCUT2D eigenvalue weighted by molar-refractivity contribution is 7.89. The second-order valence-corrected chi connectivity index (χ2v) is 7.25. The van der Waals surface area contributed by atoms with E-state index in [9.17, 15) is 8.42 Å². The Balaban J connectivity index is 2.39. The van der Waals surface area contributed by atoms with Crippen molar-refractivity contribution in [2.24, 2.45) is 0 Å². The van der Waals surface area contributed by atoms with Crippen LogP contribution in [-0.2, 0) is 14.8 Å². The monoisotopic (exact) mass is 283 g/mol. The van der Waals surface area contributed by atoms with Crippen molar-refractivity contribution < 1.29 is 13.2 Å². The molecule has 0 saturated carbocycles. The van der Waals surface area contributed by atoms with E-state index < -0.39 is 10.0 Å². The molecule has 1 fully saturated rings. The lowest BCUT2D eigenvalue weighted by Crippen LogP contribution is -2.48. The van der Waals surface area contributed by atoms with Gasteiger partial charge < -0.3 is 4.74 Å². The van der Waals surface area contributed by atoms with Crippen molar-refractivity contribution in [2.45, 2.75) is 44.8 Å². The molecule has 0 amide bonds. The van der Waals surface area contributed by atoms with Gasteiger partial charge in [0.1, 0.15) is 0 Å². The Kier molecular flexibility index (Phi) is 3.99. The Hall–Kier alpha value is -0.910. The topological polar surface area (TPSA) is 46.6 Å². The lowest BCUT2D eigenvalue weighted by molar-refractivity contribution is -0.0440. The number of sulfonamides is 1. The molecular weight excluding hydrogens is 262 g/mol. The Labute approximate surface area is 115 Å². The molecule has 4 nitrogen and oxygen atoms in total. The number of morpholine rings is 1. The first kappa shape index (κ1) is 14.5. The van der Waals surface area contributed by atoms with E-state index in [0.717, 1.165) is 11.1 Å². The zero-order valence-corrected chi connectivity index (χ0v) is 12.7. The Bertz CT molecular complexity index is 558. The fourth-order valence-corrected chi connectivity index (χ4v) is 4.35. The van der Waals surface area contributed by atoms with E-state index in [1.165, 1.54) is 4.31 Å². The lowest BCUT2D eigenvalue weighted by atomic mass is 10.2. The summed E-state index contributed by atoms with van der Waals surface area (Å²) in [5, 5.41) is 0. The van der Waals surface area contributed by atoms with Gasteiger partial charge in [0.2, 0.25) is 10.0 Å². The number of rotatable bonds is 2. The van der Waals surface area contributed by atoms with Crippen LogP contribution in [-0.4, -0.2) is 38.0 Å². The van der Waals surface area contributed by atoms with Gasteiger partial charge in [-0.3, -0.25) is 0 Å². The summed E-state index contributed by atoms with van der Waals surface area (Å²) < 4.78 is 32.6. The maximum absolute atomic E-state index is 12.7. The molecule has 2 atom stereocenters. The summed E-state index contributed by atoms with van der Waals surface area (Å²) in [6.07, 6.45) is -0.132. The summed E-state index contributed by atoms with van der Waals surface area (Å²) in [5.74, 6) is 0. The lowest BCUT2D eigenvalue weighted by Gasteiger charge is -2.34. The number of hydrogen-bond donors (Lipinski definition) is 0. The van der Waals surface area contributed by atoms with Crippen LogP contribution in [0.5, 0.6) is 0 Å². The molecule has 106 valence electrons. The van der Waals surface area contributed by atoms with E-state index in [2.05, 4.69) is 0 Å². The normalized spacial score (nSPS) is 25.5.